The second-order valence-corrected chi connectivity index (χ2v) is 10.6. The molecular weight excluding hydrogens is 394 g/mol. The maximum Gasteiger partial charge on any atom is 0.250 e. The van der Waals surface area contributed by atoms with Crippen LogP contribution in [0.4, 0.5) is 0 Å². The minimum absolute atomic E-state index is 0.0216. The molecule has 2 aromatic heterocycles. The zero-order chi connectivity index (χ0) is 20.9. The van der Waals surface area contributed by atoms with Crippen LogP contribution in [0.2, 0.25) is 0 Å². The van der Waals surface area contributed by atoms with Crippen molar-refractivity contribution in [3.63, 3.8) is 0 Å². The molecule has 6 nitrogen and oxygen atoms in total. The number of fused-ring (bicyclic) bond motifs is 1. The van der Waals surface area contributed by atoms with E-state index in [-0.39, 0.29) is 10.2 Å². The monoisotopic (exact) mass is 419 g/mol. The molecule has 1 fully saturated rings. The van der Waals surface area contributed by atoms with Crippen molar-refractivity contribution >= 4 is 17.7 Å². The Labute approximate surface area is 180 Å². The van der Waals surface area contributed by atoms with E-state index in [1.807, 2.05) is 17.8 Å². The quantitative estimate of drug-likeness (QED) is 0.698. The Morgan fingerprint density at radius 3 is 2.50 bits per heavy atom. The number of nitrogens with zero attached hydrogens (tertiary/aromatic N) is 4. The third-order valence-corrected chi connectivity index (χ3v) is 7.49. The van der Waals surface area contributed by atoms with Gasteiger partial charge in [0.2, 0.25) is 5.91 Å². The molecule has 0 spiro atoms. The number of aromatic nitrogens is 4. The molecule has 1 saturated carbocycles. The van der Waals surface area contributed by atoms with Gasteiger partial charge in [-0.15, -0.1) is 10.2 Å². The molecule has 3 heterocycles. The molecule has 0 atom stereocenters. The fourth-order valence-electron chi connectivity index (χ4n) is 4.34. The van der Waals surface area contributed by atoms with Crippen LogP contribution in [0, 0.1) is 0 Å². The number of amides is 1. The lowest BCUT2D eigenvalue weighted by Crippen LogP contribution is -2.19. The van der Waals surface area contributed by atoms with E-state index in [9.17, 15) is 4.79 Å². The van der Waals surface area contributed by atoms with Gasteiger partial charge in [-0.1, -0.05) is 38.1 Å². The van der Waals surface area contributed by atoms with Crippen molar-refractivity contribution in [2.45, 2.75) is 49.8 Å². The molecule has 30 heavy (non-hydrogen) atoms. The Hall–Kier alpha value is -2.67. The van der Waals surface area contributed by atoms with Crippen molar-refractivity contribution in [2.75, 3.05) is 5.75 Å². The number of pyridine rings is 1. The van der Waals surface area contributed by atoms with E-state index in [2.05, 4.69) is 57.9 Å². The zero-order valence-electron chi connectivity index (χ0n) is 17.3. The fraction of sp³-hybridized carbons (Fsp3) is 0.391. The summed E-state index contributed by atoms with van der Waals surface area (Å²) < 4.78 is 2.57. The van der Waals surface area contributed by atoms with E-state index in [0.717, 1.165) is 54.5 Å². The highest BCUT2D eigenvalue weighted by molar-refractivity contribution is 8.00. The van der Waals surface area contributed by atoms with Crippen LogP contribution in [0.15, 0.2) is 42.6 Å². The molecule has 0 unspecified atom stereocenters. The van der Waals surface area contributed by atoms with Crippen LogP contribution in [-0.4, -0.2) is 36.2 Å². The van der Waals surface area contributed by atoms with Gasteiger partial charge in [0.1, 0.15) is 11.6 Å². The van der Waals surface area contributed by atoms with Crippen LogP contribution < -0.4 is 5.73 Å². The molecule has 3 aromatic rings. The van der Waals surface area contributed by atoms with Gasteiger partial charge in [-0.25, -0.2) is 0 Å². The summed E-state index contributed by atoms with van der Waals surface area (Å²) >= 11 is 2.02. The maximum atomic E-state index is 11.3. The average molecular weight is 420 g/mol. The minimum Gasteiger partial charge on any atom is -0.366 e. The smallest absolute Gasteiger partial charge is 0.250 e. The Kier molecular flexibility index (Phi) is 4.47. The molecular formula is C23H25N5OS. The Morgan fingerprint density at radius 1 is 1.10 bits per heavy atom. The molecule has 0 radical (unpaired) electrons. The number of benzene rings is 1. The number of thioether (sulfide) groups is 1. The van der Waals surface area contributed by atoms with Gasteiger partial charge in [-0.3, -0.25) is 9.78 Å². The van der Waals surface area contributed by atoms with Gasteiger partial charge < -0.3 is 10.3 Å². The largest absolute Gasteiger partial charge is 0.366 e. The van der Waals surface area contributed by atoms with Gasteiger partial charge in [0.05, 0.1) is 16.7 Å². The first kappa shape index (κ1) is 19.3. The first-order valence-corrected chi connectivity index (χ1v) is 11.3. The first-order chi connectivity index (χ1) is 14.4. The summed E-state index contributed by atoms with van der Waals surface area (Å²) in [5.74, 6) is 2.86. The SMILES string of the molecule is CC1(C)Cc2nnc(C3(c4ccc(-c5ccc(C(N)=O)cn5)cc4)CC3)n2CCS1. The number of rotatable bonds is 4. The van der Waals surface area contributed by atoms with Crippen molar-refractivity contribution in [3.8, 4) is 11.3 Å². The predicted octanol–water partition coefficient (Wildman–Crippen LogP) is 3.59. The molecule has 7 heteroatoms. The van der Waals surface area contributed by atoms with E-state index in [1.165, 1.54) is 11.8 Å². The Bertz CT molecular complexity index is 1100. The van der Waals surface area contributed by atoms with Crippen molar-refractivity contribution in [2.24, 2.45) is 5.73 Å². The van der Waals surface area contributed by atoms with Crippen molar-refractivity contribution in [1.29, 1.82) is 0 Å². The predicted molar refractivity (Wildman–Crippen MR) is 118 cm³/mol. The van der Waals surface area contributed by atoms with Crippen LogP contribution in [0.1, 0.15) is 54.3 Å². The molecule has 1 aromatic carbocycles. The van der Waals surface area contributed by atoms with Crippen molar-refractivity contribution < 1.29 is 4.79 Å². The number of hydrogen-bond acceptors (Lipinski definition) is 5. The number of primary amides is 1. The molecule has 0 saturated heterocycles. The number of hydrogen-bond donors (Lipinski definition) is 1. The van der Waals surface area contributed by atoms with Crippen LogP contribution in [0.25, 0.3) is 11.3 Å². The summed E-state index contributed by atoms with van der Waals surface area (Å²) in [6, 6.07) is 12.1. The average Bonchev–Trinajstić information content (AvgIpc) is 3.47. The number of carbonyl (C=O) groups is 1. The molecule has 154 valence electrons. The number of carbonyl (C=O) groups excluding carboxylic acids is 1. The van der Waals surface area contributed by atoms with Crippen LogP contribution in [-0.2, 0) is 18.4 Å². The second-order valence-electron chi connectivity index (χ2n) is 8.83. The summed E-state index contributed by atoms with van der Waals surface area (Å²) in [6.45, 7) is 5.55. The third kappa shape index (κ3) is 3.31. The number of nitrogens with two attached hydrogens (primary N) is 1. The van der Waals surface area contributed by atoms with Crippen LogP contribution in [0.3, 0.4) is 0 Å². The Morgan fingerprint density at radius 2 is 1.87 bits per heavy atom. The lowest BCUT2D eigenvalue weighted by Gasteiger charge is -2.19. The normalized spacial score (nSPS) is 19.0. The summed E-state index contributed by atoms with van der Waals surface area (Å²) in [6.07, 6.45) is 4.69. The van der Waals surface area contributed by atoms with E-state index >= 15 is 0 Å². The highest BCUT2D eigenvalue weighted by Crippen LogP contribution is 2.53. The second kappa shape index (κ2) is 6.94. The zero-order valence-corrected chi connectivity index (χ0v) is 18.1. The van der Waals surface area contributed by atoms with Crippen LogP contribution >= 0.6 is 11.8 Å². The third-order valence-electron chi connectivity index (χ3n) is 6.18. The van der Waals surface area contributed by atoms with Crippen molar-refractivity contribution in [1.82, 2.24) is 19.7 Å². The molecule has 2 aliphatic rings. The van der Waals surface area contributed by atoms with E-state index < -0.39 is 5.91 Å². The van der Waals surface area contributed by atoms with Gasteiger partial charge >= 0.3 is 0 Å². The fourth-order valence-corrected chi connectivity index (χ4v) is 5.39. The van der Waals surface area contributed by atoms with Gasteiger partial charge in [0, 0.05) is 35.2 Å². The van der Waals surface area contributed by atoms with Crippen molar-refractivity contribution in [3.05, 3.63) is 65.4 Å². The maximum absolute atomic E-state index is 11.3. The molecule has 2 N–H and O–H groups in total. The summed E-state index contributed by atoms with van der Waals surface area (Å²) in [5.41, 5.74) is 8.83. The first-order valence-electron chi connectivity index (χ1n) is 10.3. The highest BCUT2D eigenvalue weighted by Gasteiger charge is 2.50. The van der Waals surface area contributed by atoms with Crippen LogP contribution in [0.5, 0.6) is 0 Å². The summed E-state index contributed by atoms with van der Waals surface area (Å²) in [4.78, 5) is 15.6. The summed E-state index contributed by atoms with van der Waals surface area (Å²) in [5, 5.41) is 9.25. The Balaban J connectivity index is 1.44. The lowest BCUT2D eigenvalue weighted by atomic mass is 9.93. The van der Waals surface area contributed by atoms with Gasteiger partial charge in [0.15, 0.2) is 0 Å². The molecule has 0 bridgehead atoms. The van der Waals surface area contributed by atoms with Gasteiger partial charge in [-0.2, -0.15) is 11.8 Å². The lowest BCUT2D eigenvalue weighted by molar-refractivity contribution is 0.1000. The molecule has 1 amide bonds. The molecule has 1 aliphatic carbocycles. The van der Waals surface area contributed by atoms with Gasteiger partial charge in [-0.05, 0) is 30.5 Å². The van der Waals surface area contributed by atoms with E-state index in [1.54, 1.807) is 6.07 Å². The minimum atomic E-state index is -0.464. The highest BCUT2D eigenvalue weighted by atomic mass is 32.2. The standard InChI is InChI=1S/C23H25N5OS/c1-22(2)13-19-26-27-21(28(19)11-12-30-22)23(9-10-23)17-6-3-15(4-7-17)18-8-5-16(14-25-18)20(24)29/h3-8,14H,9-13H2,1-2H3,(H2,24,29). The topological polar surface area (TPSA) is 86.7 Å². The van der Waals surface area contributed by atoms with E-state index in [4.69, 9.17) is 5.73 Å². The van der Waals surface area contributed by atoms with E-state index in [0.29, 0.717) is 5.56 Å². The molecule has 1 aliphatic heterocycles. The van der Waals surface area contributed by atoms with Gasteiger partial charge in [0.25, 0.3) is 0 Å². The molecule has 5 rings (SSSR count). The summed E-state index contributed by atoms with van der Waals surface area (Å²) in [7, 11) is 0.